The van der Waals surface area contributed by atoms with E-state index >= 15 is 0 Å². The maximum Gasteiger partial charge on any atom is 0.303 e. The predicted molar refractivity (Wildman–Crippen MR) is 60.8 cm³/mol. The van der Waals surface area contributed by atoms with Gasteiger partial charge >= 0.3 is 5.97 Å². The fourth-order valence-electron chi connectivity index (χ4n) is 1.48. The van der Waals surface area contributed by atoms with Gasteiger partial charge in [0.05, 0.1) is 13.2 Å². The third-order valence-electron chi connectivity index (χ3n) is 2.41. The molecule has 17 heavy (non-hydrogen) atoms. The number of carbonyl (C=O) groups is 1. The molecule has 0 spiro atoms. The van der Waals surface area contributed by atoms with Crippen LogP contribution in [0.4, 0.5) is 0 Å². The number of morpholine rings is 1. The predicted octanol–water partition coefficient (Wildman–Crippen LogP) is -0.592. The zero-order valence-corrected chi connectivity index (χ0v) is 10.4. The Balaban J connectivity index is 2.22. The summed E-state index contributed by atoms with van der Waals surface area (Å²) in [5.74, 6) is -0.860. The number of hydrogen-bond acceptors (Lipinski definition) is 4. The molecule has 0 radical (unpaired) electrons. The monoisotopic (exact) mass is 266 g/mol. The van der Waals surface area contributed by atoms with Crippen molar-refractivity contribution in [1.29, 1.82) is 0 Å². The summed E-state index contributed by atoms with van der Waals surface area (Å²) in [5, 5.41) is 8.42. The summed E-state index contributed by atoms with van der Waals surface area (Å²) in [7, 11) is -3.43. The Labute approximate surface area is 101 Å². The minimum absolute atomic E-state index is 0.0687. The summed E-state index contributed by atoms with van der Waals surface area (Å²) in [6, 6.07) is 0. The number of nitrogens with zero attached hydrogens (tertiary/aromatic N) is 1. The summed E-state index contributed by atoms with van der Waals surface area (Å²) < 4.78 is 32.3. The molecule has 8 heteroatoms. The number of carboxylic acid groups (broad SMARTS) is 1. The standard InChI is InChI=1S/C9H18N2O5S/c12-9(13)3-1-2-4-10-17(14,15)11-5-7-16-8-6-11/h10H,1-8H2,(H,12,13). The second kappa shape index (κ2) is 6.90. The van der Waals surface area contributed by atoms with Gasteiger partial charge in [0.2, 0.25) is 0 Å². The lowest BCUT2D eigenvalue weighted by Crippen LogP contribution is -2.46. The van der Waals surface area contributed by atoms with Gasteiger partial charge in [-0.1, -0.05) is 0 Å². The second-order valence-electron chi connectivity index (χ2n) is 3.76. The van der Waals surface area contributed by atoms with E-state index in [1.54, 1.807) is 0 Å². The molecule has 0 aromatic carbocycles. The van der Waals surface area contributed by atoms with Crippen LogP contribution in [0, 0.1) is 0 Å². The van der Waals surface area contributed by atoms with E-state index in [9.17, 15) is 13.2 Å². The molecule has 0 aliphatic carbocycles. The van der Waals surface area contributed by atoms with Gasteiger partial charge < -0.3 is 9.84 Å². The van der Waals surface area contributed by atoms with Crippen molar-refractivity contribution >= 4 is 16.2 Å². The molecule has 0 aromatic rings. The van der Waals surface area contributed by atoms with Gasteiger partial charge in [-0.2, -0.15) is 12.7 Å². The molecule has 1 rings (SSSR count). The van der Waals surface area contributed by atoms with Crippen molar-refractivity contribution in [2.45, 2.75) is 19.3 Å². The Morgan fingerprint density at radius 2 is 1.94 bits per heavy atom. The molecule has 0 amide bonds. The summed E-state index contributed by atoms with van der Waals surface area (Å²) in [4.78, 5) is 10.2. The van der Waals surface area contributed by atoms with Gasteiger partial charge in [0.1, 0.15) is 0 Å². The number of hydrogen-bond donors (Lipinski definition) is 2. The summed E-state index contributed by atoms with van der Waals surface area (Å²) in [5.41, 5.74) is 0. The van der Waals surface area contributed by atoms with Crippen molar-refractivity contribution in [3.05, 3.63) is 0 Å². The van der Waals surface area contributed by atoms with E-state index in [-0.39, 0.29) is 13.0 Å². The average Bonchev–Trinajstić information content (AvgIpc) is 2.29. The summed E-state index contributed by atoms with van der Waals surface area (Å²) in [6.07, 6.45) is 1.07. The SMILES string of the molecule is O=C(O)CCCCNS(=O)(=O)N1CCOCC1. The molecule has 0 atom stereocenters. The molecule has 100 valence electrons. The van der Waals surface area contributed by atoms with Crippen LogP contribution >= 0.6 is 0 Å². The summed E-state index contributed by atoms with van der Waals surface area (Å²) in [6.45, 7) is 1.84. The van der Waals surface area contributed by atoms with E-state index in [4.69, 9.17) is 9.84 Å². The second-order valence-corrected chi connectivity index (χ2v) is 5.52. The minimum atomic E-state index is -3.43. The fraction of sp³-hybridized carbons (Fsp3) is 0.889. The first kappa shape index (κ1) is 14.4. The van der Waals surface area contributed by atoms with E-state index in [1.807, 2.05) is 0 Å². The third kappa shape index (κ3) is 5.44. The van der Waals surface area contributed by atoms with Gasteiger partial charge in [-0.25, -0.2) is 4.72 Å². The van der Waals surface area contributed by atoms with Gasteiger partial charge in [-0.05, 0) is 12.8 Å². The Bertz CT molecular complexity index is 337. The van der Waals surface area contributed by atoms with E-state index in [1.165, 1.54) is 4.31 Å². The van der Waals surface area contributed by atoms with E-state index in [2.05, 4.69) is 4.72 Å². The lowest BCUT2D eigenvalue weighted by Gasteiger charge is -2.26. The Morgan fingerprint density at radius 1 is 1.29 bits per heavy atom. The van der Waals surface area contributed by atoms with Crippen LogP contribution in [0.25, 0.3) is 0 Å². The normalized spacial score (nSPS) is 18.1. The Hall–Kier alpha value is -0.700. The third-order valence-corrected chi connectivity index (χ3v) is 4.03. The molecule has 1 aliphatic heterocycles. The molecular formula is C9H18N2O5S. The molecule has 0 saturated carbocycles. The van der Waals surface area contributed by atoms with Crippen molar-refractivity contribution in [1.82, 2.24) is 9.03 Å². The molecule has 0 unspecified atom stereocenters. The van der Waals surface area contributed by atoms with Gasteiger partial charge in [0.15, 0.2) is 0 Å². The van der Waals surface area contributed by atoms with Crippen molar-refractivity contribution in [2.24, 2.45) is 0 Å². The molecule has 1 fully saturated rings. The Kier molecular flexibility index (Phi) is 5.83. The van der Waals surface area contributed by atoms with Crippen LogP contribution in [-0.2, 0) is 19.7 Å². The maximum absolute atomic E-state index is 11.7. The first-order valence-electron chi connectivity index (χ1n) is 5.56. The van der Waals surface area contributed by atoms with Gasteiger partial charge in [-0.15, -0.1) is 0 Å². The van der Waals surface area contributed by atoms with E-state index in [0.717, 1.165) is 0 Å². The van der Waals surface area contributed by atoms with Crippen molar-refractivity contribution in [3.8, 4) is 0 Å². The molecule has 1 heterocycles. The minimum Gasteiger partial charge on any atom is -0.481 e. The van der Waals surface area contributed by atoms with Crippen LogP contribution in [0.1, 0.15) is 19.3 Å². The molecule has 1 aliphatic rings. The lowest BCUT2D eigenvalue weighted by atomic mass is 10.2. The van der Waals surface area contributed by atoms with Crippen molar-refractivity contribution < 1.29 is 23.1 Å². The number of ether oxygens (including phenoxy) is 1. The largest absolute Gasteiger partial charge is 0.481 e. The lowest BCUT2D eigenvalue weighted by molar-refractivity contribution is -0.137. The van der Waals surface area contributed by atoms with Gasteiger partial charge in [0.25, 0.3) is 10.2 Å². The maximum atomic E-state index is 11.7. The van der Waals surface area contributed by atoms with E-state index < -0.39 is 16.2 Å². The highest BCUT2D eigenvalue weighted by atomic mass is 32.2. The molecule has 0 bridgehead atoms. The van der Waals surface area contributed by atoms with E-state index in [0.29, 0.717) is 39.1 Å². The number of nitrogens with one attached hydrogen (secondary N) is 1. The zero-order chi connectivity index (χ0) is 12.7. The van der Waals surface area contributed by atoms with Crippen LogP contribution in [0.15, 0.2) is 0 Å². The smallest absolute Gasteiger partial charge is 0.303 e. The zero-order valence-electron chi connectivity index (χ0n) is 9.59. The quantitative estimate of drug-likeness (QED) is 0.600. The van der Waals surface area contributed by atoms with Crippen LogP contribution in [-0.4, -0.2) is 56.6 Å². The first-order valence-corrected chi connectivity index (χ1v) is 7.00. The van der Waals surface area contributed by atoms with Gasteiger partial charge in [-0.3, -0.25) is 4.79 Å². The molecule has 7 nitrogen and oxygen atoms in total. The number of aliphatic carboxylic acids is 1. The number of carboxylic acids is 1. The number of unbranched alkanes of at least 4 members (excludes halogenated alkanes) is 1. The highest BCUT2D eigenvalue weighted by Crippen LogP contribution is 2.03. The van der Waals surface area contributed by atoms with Crippen molar-refractivity contribution in [2.75, 3.05) is 32.8 Å². The summed E-state index contributed by atoms with van der Waals surface area (Å²) >= 11 is 0. The van der Waals surface area contributed by atoms with Crippen LogP contribution in [0.2, 0.25) is 0 Å². The molecule has 1 saturated heterocycles. The first-order chi connectivity index (χ1) is 8.02. The van der Waals surface area contributed by atoms with Crippen LogP contribution < -0.4 is 4.72 Å². The van der Waals surface area contributed by atoms with Crippen LogP contribution in [0.5, 0.6) is 0 Å². The fourth-order valence-corrected chi connectivity index (χ4v) is 2.70. The molecular weight excluding hydrogens is 248 g/mol. The highest BCUT2D eigenvalue weighted by Gasteiger charge is 2.23. The van der Waals surface area contributed by atoms with Gasteiger partial charge in [0, 0.05) is 26.1 Å². The Morgan fingerprint density at radius 3 is 2.53 bits per heavy atom. The molecule has 0 aromatic heterocycles. The average molecular weight is 266 g/mol. The highest BCUT2D eigenvalue weighted by molar-refractivity contribution is 7.87. The topological polar surface area (TPSA) is 95.9 Å². The van der Waals surface area contributed by atoms with Crippen LogP contribution in [0.3, 0.4) is 0 Å². The number of rotatable bonds is 7. The molecule has 2 N–H and O–H groups in total. The van der Waals surface area contributed by atoms with Crippen molar-refractivity contribution in [3.63, 3.8) is 0 Å².